The fourth-order valence-corrected chi connectivity index (χ4v) is 7.95. The predicted octanol–water partition coefficient (Wildman–Crippen LogP) is 3.85. The average molecular weight is 569 g/mol. The molecule has 1 N–H and O–H groups in total. The molecule has 3 aliphatic rings. The van der Waals surface area contributed by atoms with E-state index in [4.69, 9.17) is 5.26 Å². The number of nitrogens with zero attached hydrogens (tertiary/aromatic N) is 3. The van der Waals surface area contributed by atoms with Gasteiger partial charge >= 0.3 is 6.18 Å². The summed E-state index contributed by atoms with van der Waals surface area (Å²) >= 11 is 0. The summed E-state index contributed by atoms with van der Waals surface area (Å²) in [5, 5.41) is 11.4. The van der Waals surface area contributed by atoms with E-state index < -0.39 is 45.0 Å². The fraction of sp³-hybridized carbons (Fsp3) is 0.667. The van der Waals surface area contributed by atoms with Crippen molar-refractivity contribution in [3.8, 4) is 6.07 Å². The van der Waals surface area contributed by atoms with Crippen LogP contribution in [0.15, 0.2) is 24.3 Å². The molecule has 8 nitrogen and oxygen atoms in total. The van der Waals surface area contributed by atoms with E-state index in [1.54, 1.807) is 0 Å². The second-order valence-electron chi connectivity index (χ2n) is 11.2. The van der Waals surface area contributed by atoms with Gasteiger partial charge < -0.3 is 10.2 Å². The number of sulfonamides is 1. The van der Waals surface area contributed by atoms with Crippen molar-refractivity contribution in [3.63, 3.8) is 0 Å². The van der Waals surface area contributed by atoms with E-state index >= 15 is 0 Å². The van der Waals surface area contributed by atoms with Crippen LogP contribution in [0.2, 0.25) is 0 Å². The molecule has 0 spiro atoms. The lowest BCUT2D eigenvalue weighted by Crippen LogP contribution is -2.53. The third-order valence-corrected chi connectivity index (χ3v) is 10.5. The molecule has 214 valence electrons. The first-order valence-electron chi connectivity index (χ1n) is 13.5. The first-order valence-corrected chi connectivity index (χ1v) is 15.0. The third-order valence-electron chi connectivity index (χ3n) is 8.19. The van der Waals surface area contributed by atoms with Crippen LogP contribution in [0, 0.1) is 29.1 Å². The summed E-state index contributed by atoms with van der Waals surface area (Å²) in [4.78, 5) is 28.4. The Hall–Kier alpha value is -2.65. The number of nitrogens with one attached hydrogen (secondary N) is 1. The zero-order valence-corrected chi connectivity index (χ0v) is 23.0. The van der Waals surface area contributed by atoms with Crippen LogP contribution < -0.4 is 5.32 Å². The van der Waals surface area contributed by atoms with Crippen molar-refractivity contribution < 1.29 is 31.2 Å². The fourth-order valence-electron chi connectivity index (χ4n) is 5.80. The smallest absolute Gasteiger partial charge is 0.347 e. The van der Waals surface area contributed by atoms with E-state index in [-0.39, 0.29) is 30.2 Å². The van der Waals surface area contributed by atoms with Gasteiger partial charge in [0.25, 0.3) is 0 Å². The second-order valence-corrected chi connectivity index (χ2v) is 13.4. The van der Waals surface area contributed by atoms with Crippen molar-refractivity contribution in [2.24, 2.45) is 17.8 Å². The number of carbonyl (C=O) groups excluding carboxylic acids is 2. The summed E-state index contributed by atoms with van der Waals surface area (Å²) in [6.07, 6.45) is -1.66. The summed E-state index contributed by atoms with van der Waals surface area (Å²) in [6.45, 7) is 4.52. The molecule has 2 aliphatic heterocycles. The molecule has 2 saturated heterocycles. The summed E-state index contributed by atoms with van der Waals surface area (Å²) in [6, 6.07) is 5.56. The molecule has 39 heavy (non-hydrogen) atoms. The van der Waals surface area contributed by atoms with Crippen molar-refractivity contribution in [2.75, 3.05) is 19.6 Å². The van der Waals surface area contributed by atoms with Gasteiger partial charge in [0.1, 0.15) is 6.04 Å². The molecule has 0 bridgehead atoms. The average Bonchev–Trinajstić information content (AvgIpc) is 3.35. The van der Waals surface area contributed by atoms with Gasteiger partial charge in [-0.3, -0.25) is 9.59 Å². The summed E-state index contributed by atoms with van der Waals surface area (Å²) in [5.41, 5.74) is -0.219. The number of hydrogen-bond acceptors (Lipinski definition) is 5. The molecule has 1 aliphatic carbocycles. The highest BCUT2D eigenvalue weighted by Crippen LogP contribution is 2.36. The summed E-state index contributed by atoms with van der Waals surface area (Å²) in [5.74, 6) is -1.51. The molecule has 2 amide bonds. The van der Waals surface area contributed by atoms with Crippen LogP contribution in [0.3, 0.4) is 0 Å². The van der Waals surface area contributed by atoms with Crippen molar-refractivity contribution in [1.29, 1.82) is 5.26 Å². The molecular formula is C27H35F3N4O4S. The van der Waals surface area contributed by atoms with Crippen molar-refractivity contribution in [1.82, 2.24) is 14.5 Å². The lowest BCUT2D eigenvalue weighted by atomic mass is 9.86. The normalized spacial score (nSPS) is 27.1. The highest BCUT2D eigenvalue weighted by atomic mass is 32.2. The standard InChI is InChI=1S/C27H35F3N4O4S/c1-17(2)24(19-7-9-21(10-8-19)27(28,29)30)32-25(35)23-6-4-12-34(23)26(36)20-5-3-11-33(16-20)39(37,38)22-13-18(14-22)15-31/h7-10,17-18,20,22-24H,3-6,11-14,16H2,1-2H3,(H,32,35)/t18?,20-,22?,23+,24?/m0/s1. The molecular weight excluding hydrogens is 533 g/mol. The predicted molar refractivity (Wildman–Crippen MR) is 137 cm³/mol. The third kappa shape index (κ3) is 6.24. The van der Waals surface area contributed by atoms with E-state index in [1.807, 2.05) is 13.8 Å². The van der Waals surface area contributed by atoms with Crippen LogP contribution in [-0.2, 0) is 25.8 Å². The van der Waals surface area contributed by atoms with Crippen LogP contribution in [0.25, 0.3) is 0 Å². The SMILES string of the molecule is CC(C)C(NC(=O)[C@H]1CCCN1C(=O)[C@H]1CCCN(S(=O)(=O)C2CC(C#N)C2)C1)c1ccc(C(F)(F)F)cc1. The minimum Gasteiger partial charge on any atom is -0.347 e. The minimum absolute atomic E-state index is 0.0693. The van der Waals surface area contributed by atoms with Gasteiger partial charge in [0, 0.05) is 25.6 Å². The Morgan fingerprint density at radius 2 is 1.72 bits per heavy atom. The molecule has 3 atom stereocenters. The van der Waals surface area contributed by atoms with Crippen molar-refractivity contribution in [2.45, 2.75) is 75.9 Å². The quantitative estimate of drug-likeness (QED) is 0.537. The number of amides is 2. The monoisotopic (exact) mass is 568 g/mol. The number of hydrogen-bond donors (Lipinski definition) is 1. The maximum absolute atomic E-state index is 13.5. The number of rotatable bonds is 7. The topological polar surface area (TPSA) is 111 Å². The number of likely N-dealkylation sites (tertiary alicyclic amines) is 1. The lowest BCUT2D eigenvalue weighted by molar-refractivity contribution is -0.142. The van der Waals surface area contributed by atoms with E-state index in [9.17, 15) is 31.2 Å². The number of piperidine rings is 1. The van der Waals surface area contributed by atoms with Gasteiger partial charge in [-0.05, 0) is 62.1 Å². The maximum atomic E-state index is 13.5. The van der Waals surface area contributed by atoms with E-state index in [0.717, 1.165) is 12.1 Å². The van der Waals surface area contributed by atoms with Gasteiger partial charge in [-0.15, -0.1) is 0 Å². The molecule has 1 unspecified atom stereocenters. The Labute approximate surface area is 227 Å². The summed E-state index contributed by atoms with van der Waals surface area (Å²) in [7, 11) is -3.59. The first kappa shape index (κ1) is 29.3. The number of benzene rings is 1. The van der Waals surface area contributed by atoms with Gasteiger partial charge in [0.2, 0.25) is 21.8 Å². The van der Waals surface area contributed by atoms with Gasteiger partial charge in [-0.1, -0.05) is 26.0 Å². The number of halogens is 3. The van der Waals surface area contributed by atoms with Crippen LogP contribution in [0.4, 0.5) is 13.2 Å². The zero-order valence-electron chi connectivity index (χ0n) is 22.2. The summed E-state index contributed by atoms with van der Waals surface area (Å²) < 4.78 is 66.5. The van der Waals surface area contributed by atoms with Gasteiger partial charge in [-0.25, -0.2) is 12.7 Å². The largest absolute Gasteiger partial charge is 0.416 e. The molecule has 0 aromatic heterocycles. The Bertz CT molecular complexity index is 1210. The molecule has 0 radical (unpaired) electrons. The number of carbonyl (C=O) groups is 2. The Kier molecular flexibility index (Phi) is 8.61. The van der Waals surface area contributed by atoms with E-state index in [1.165, 1.54) is 21.3 Å². The molecule has 3 fully saturated rings. The van der Waals surface area contributed by atoms with Crippen molar-refractivity contribution >= 4 is 21.8 Å². The molecule has 12 heteroatoms. The maximum Gasteiger partial charge on any atom is 0.416 e. The number of alkyl halides is 3. The molecule has 1 aromatic carbocycles. The van der Waals surface area contributed by atoms with E-state index in [0.29, 0.717) is 57.2 Å². The van der Waals surface area contributed by atoms with Crippen LogP contribution in [0.1, 0.15) is 69.5 Å². The molecule has 2 heterocycles. The number of nitriles is 1. The first-order chi connectivity index (χ1) is 18.3. The minimum atomic E-state index is -4.45. The molecule has 1 aromatic rings. The Morgan fingerprint density at radius 1 is 1.08 bits per heavy atom. The van der Waals surface area contributed by atoms with Crippen LogP contribution >= 0.6 is 0 Å². The lowest BCUT2D eigenvalue weighted by Gasteiger charge is -2.39. The van der Waals surface area contributed by atoms with Gasteiger partial charge in [-0.2, -0.15) is 18.4 Å². The van der Waals surface area contributed by atoms with Gasteiger partial charge in [0.05, 0.1) is 28.8 Å². The second kappa shape index (κ2) is 11.5. The highest BCUT2D eigenvalue weighted by molar-refractivity contribution is 7.89. The molecule has 4 rings (SSSR count). The Morgan fingerprint density at radius 3 is 2.31 bits per heavy atom. The van der Waals surface area contributed by atoms with Gasteiger partial charge in [0.15, 0.2) is 0 Å². The van der Waals surface area contributed by atoms with Crippen LogP contribution in [-0.4, -0.2) is 60.4 Å². The Balaban J connectivity index is 1.42. The van der Waals surface area contributed by atoms with Crippen LogP contribution in [0.5, 0.6) is 0 Å². The zero-order chi connectivity index (χ0) is 28.5. The molecule has 1 saturated carbocycles. The van der Waals surface area contributed by atoms with Crippen molar-refractivity contribution in [3.05, 3.63) is 35.4 Å². The highest BCUT2D eigenvalue weighted by Gasteiger charge is 2.45. The van der Waals surface area contributed by atoms with E-state index in [2.05, 4.69) is 11.4 Å².